The summed E-state index contributed by atoms with van der Waals surface area (Å²) in [4.78, 5) is 22.9. The number of nitrogens with zero attached hydrogens (tertiary/aromatic N) is 3. The molecule has 0 unspecified atom stereocenters. The summed E-state index contributed by atoms with van der Waals surface area (Å²) in [6.07, 6.45) is 4.91. The molecule has 1 fully saturated rings. The molecule has 0 aliphatic carbocycles. The second kappa shape index (κ2) is 7.92. The molecule has 0 saturated carbocycles. The van der Waals surface area contributed by atoms with Crippen LogP contribution in [0.4, 0.5) is 11.8 Å². The Hall–Kier alpha value is -2.67. The number of carboxylic acid groups (broad SMARTS) is 1. The number of nitrogens with one attached hydrogen (secondary N) is 1. The largest absolute Gasteiger partial charge is 0.478 e. The minimum atomic E-state index is -0.910. The van der Waals surface area contributed by atoms with Crippen molar-refractivity contribution in [3.8, 4) is 0 Å². The minimum Gasteiger partial charge on any atom is -0.478 e. The smallest absolute Gasteiger partial charge is 0.335 e. The molecule has 4 rings (SSSR count). The molecule has 7 heteroatoms. The van der Waals surface area contributed by atoms with E-state index < -0.39 is 5.97 Å². The predicted octanol–water partition coefficient (Wildman–Crippen LogP) is 4.38. The van der Waals surface area contributed by atoms with E-state index in [1.807, 2.05) is 23.6 Å². The van der Waals surface area contributed by atoms with Gasteiger partial charge in [-0.15, -0.1) is 11.3 Å². The van der Waals surface area contributed by atoms with Crippen molar-refractivity contribution in [2.45, 2.75) is 32.2 Å². The van der Waals surface area contributed by atoms with Gasteiger partial charge in [0.2, 0.25) is 5.95 Å². The Morgan fingerprint density at radius 2 is 1.81 bits per heavy atom. The van der Waals surface area contributed by atoms with Gasteiger partial charge in [0, 0.05) is 19.6 Å². The Kier molecular flexibility index (Phi) is 5.20. The van der Waals surface area contributed by atoms with Crippen LogP contribution in [0.5, 0.6) is 0 Å². The maximum absolute atomic E-state index is 11.0. The van der Waals surface area contributed by atoms with Gasteiger partial charge in [0.15, 0.2) is 0 Å². The van der Waals surface area contributed by atoms with Gasteiger partial charge in [-0.05, 0) is 42.0 Å². The van der Waals surface area contributed by atoms with Crippen molar-refractivity contribution in [3.05, 3.63) is 46.8 Å². The molecule has 0 radical (unpaired) electrons. The molecule has 2 aromatic heterocycles. The third kappa shape index (κ3) is 4.03. The number of anilines is 2. The zero-order valence-corrected chi connectivity index (χ0v) is 15.8. The molecule has 0 spiro atoms. The van der Waals surface area contributed by atoms with E-state index in [1.165, 1.54) is 25.7 Å². The number of aromatic carboxylic acids is 1. The number of hydrogen-bond acceptors (Lipinski definition) is 6. The zero-order chi connectivity index (χ0) is 18.6. The first-order valence-electron chi connectivity index (χ1n) is 9.27. The third-order valence-corrected chi connectivity index (χ3v) is 5.75. The Morgan fingerprint density at radius 3 is 2.52 bits per heavy atom. The molecular formula is C20H22N4O2S. The average Bonchev–Trinajstić information content (AvgIpc) is 2.99. The molecule has 1 aliphatic heterocycles. The van der Waals surface area contributed by atoms with Crippen LogP contribution >= 0.6 is 11.3 Å². The highest BCUT2D eigenvalue weighted by molar-refractivity contribution is 7.17. The minimum absolute atomic E-state index is 0.296. The number of thiophene rings is 1. The van der Waals surface area contributed by atoms with Gasteiger partial charge in [-0.25, -0.2) is 9.78 Å². The first-order chi connectivity index (χ1) is 13.2. The van der Waals surface area contributed by atoms with Gasteiger partial charge in [0.05, 0.1) is 15.8 Å². The van der Waals surface area contributed by atoms with Gasteiger partial charge in [0.25, 0.3) is 0 Å². The first kappa shape index (κ1) is 17.7. The van der Waals surface area contributed by atoms with Crippen molar-refractivity contribution in [1.82, 2.24) is 9.97 Å². The highest BCUT2D eigenvalue weighted by atomic mass is 32.1. The number of fused-ring (bicyclic) bond motifs is 1. The Bertz CT molecular complexity index is 931. The highest BCUT2D eigenvalue weighted by Crippen LogP contribution is 2.29. The van der Waals surface area contributed by atoms with Crippen LogP contribution in [0.15, 0.2) is 35.7 Å². The van der Waals surface area contributed by atoms with Gasteiger partial charge in [-0.3, -0.25) is 0 Å². The van der Waals surface area contributed by atoms with Crippen molar-refractivity contribution in [1.29, 1.82) is 0 Å². The van der Waals surface area contributed by atoms with Crippen molar-refractivity contribution in [2.24, 2.45) is 0 Å². The van der Waals surface area contributed by atoms with Gasteiger partial charge in [-0.2, -0.15) is 4.98 Å². The maximum Gasteiger partial charge on any atom is 0.335 e. The summed E-state index contributed by atoms with van der Waals surface area (Å²) in [5.41, 5.74) is 2.28. The van der Waals surface area contributed by atoms with Crippen LogP contribution in [0.25, 0.3) is 10.2 Å². The van der Waals surface area contributed by atoms with E-state index in [0.29, 0.717) is 12.1 Å². The van der Waals surface area contributed by atoms with Crippen LogP contribution < -0.4 is 10.2 Å². The lowest BCUT2D eigenvalue weighted by Crippen LogP contribution is -2.26. The molecule has 3 heterocycles. The van der Waals surface area contributed by atoms with E-state index >= 15 is 0 Å². The second-order valence-electron chi connectivity index (χ2n) is 6.76. The fraction of sp³-hybridized carbons (Fsp3) is 0.350. The van der Waals surface area contributed by atoms with Crippen molar-refractivity contribution in [3.63, 3.8) is 0 Å². The summed E-state index contributed by atoms with van der Waals surface area (Å²) >= 11 is 1.63. The van der Waals surface area contributed by atoms with E-state index in [2.05, 4.69) is 10.2 Å². The third-order valence-electron chi connectivity index (χ3n) is 4.84. The van der Waals surface area contributed by atoms with Crippen LogP contribution in [0.2, 0.25) is 0 Å². The summed E-state index contributed by atoms with van der Waals surface area (Å²) in [5.74, 6) is 0.732. The van der Waals surface area contributed by atoms with Gasteiger partial charge in [0.1, 0.15) is 5.82 Å². The first-order valence-corrected chi connectivity index (χ1v) is 10.1. The van der Waals surface area contributed by atoms with Crippen LogP contribution in [0, 0.1) is 0 Å². The van der Waals surface area contributed by atoms with Crippen LogP contribution in [0.3, 0.4) is 0 Å². The van der Waals surface area contributed by atoms with E-state index in [9.17, 15) is 4.79 Å². The molecule has 1 saturated heterocycles. The molecule has 6 nitrogen and oxygen atoms in total. The van der Waals surface area contributed by atoms with Crippen LogP contribution in [0.1, 0.15) is 41.6 Å². The van der Waals surface area contributed by atoms with E-state index in [1.54, 1.807) is 23.5 Å². The fourth-order valence-electron chi connectivity index (χ4n) is 3.33. The summed E-state index contributed by atoms with van der Waals surface area (Å²) in [6, 6.07) is 8.96. The number of rotatable bonds is 5. The van der Waals surface area contributed by atoms with E-state index in [4.69, 9.17) is 15.1 Å². The highest BCUT2D eigenvalue weighted by Gasteiger charge is 2.16. The maximum atomic E-state index is 11.0. The SMILES string of the molecule is O=C(O)c1ccc(CNc2nc(N3CCCCCC3)nc3ccsc23)cc1. The summed E-state index contributed by atoms with van der Waals surface area (Å²) in [5, 5.41) is 14.5. The lowest BCUT2D eigenvalue weighted by atomic mass is 10.1. The lowest BCUT2D eigenvalue weighted by molar-refractivity contribution is 0.0697. The van der Waals surface area contributed by atoms with Crippen molar-refractivity contribution >= 4 is 39.3 Å². The molecule has 0 bridgehead atoms. The normalized spacial score (nSPS) is 14.9. The summed E-state index contributed by atoms with van der Waals surface area (Å²) in [7, 11) is 0. The van der Waals surface area contributed by atoms with Gasteiger partial charge in [-0.1, -0.05) is 25.0 Å². The quantitative estimate of drug-likeness (QED) is 0.682. The Labute approximate surface area is 161 Å². The molecule has 2 N–H and O–H groups in total. The van der Waals surface area contributed by atoms with Crippen molar-refractivity contribution < 1.29 is 9.90 Å². The standard InChI is InChI=1S/C20H22N4O2S/c25-19(26)15-7-5-14(6-8-15)13-21-18-17-16(9-12-27-17)22-20(23-18)24-10-3-1-2-4-11-24/h5-9,12H,1-4,10-11,13H2,(H,25,26)(H,21,22,23). The molecule has 1 aromatic carbocycles. The van der Waals surface area contributed by atoms with E-state index in [0.717, 1.165) is 40.6 Å². The Balaban J connectivity index is 1.56. The average molecular weight is 382 g/mol. The number of carbonyl (C=O) groups is 1. The van der Waals surface area contributed by atoms with Crippen molar-refractivity contribution in [2.75, 3.05) is 23.3 Å². The van der Waals surface area contributed by atoms with Gasteiger partial charge < -0.3 is 15.3 Å². The predicted molar refractivity (Wildman–Crippen MR) is 109 cm³/mol. The Morgan fingerprint density at radius 1 is 1.07 bits per heavy atom. The topological polar surface area (TPSA) is 78.3 Å². The zero-order valence-electron chi connectivity index (χ0n) is 15.0. The summed E-state index contributed by atoms with van der Waals surface area (Å²) < 4.78 is 1.05. The second-order valence-corrected chi connectivity index (χ2v) is 7.68. The number of aromatic nitrogens is 2. The van der Waals surface area contributed by atoms with Crippen LogP contribution in [-0.4, -0.2) is 34.1 Å². The molecule has 3 aromatic rings. The molecule has 27 heavy (non-hydrogen) atoms. The number of carboxylic acids is 1. The molecule has 1 aliphatic rings. The lowest BCUT2D eigenvalue weighted by Gasteiger charge is -2.21. The van der Waals surface area contributed by atoms with Crippen LogP contribution in [-0.2, 0) is 6.54 Å². The molecular weight excluding hydrogens is 360 g/mol. The fourth-order valence-corrected chi connectivity index (χ4v) is 4.13. The number of hydrogen-bond donors (Lipinski definition) is 2. The summed E-state index contributed by atoms with van der Waals surface area (Å²) in [6.45, 7) is 2.60. The molecule has 0 amide bonds. The molecule has 0 atom stereocenters. The van der Waals surface area contributed by atoms with Gasteiger partial charge >= 0.3 is 5.97 Å². The van der Waals surface area contributed by atoms with E-state index in [-0.39, 0.29) is 0 Å². The molecule has 140 valence electrons. The number of benzene rings is 1. The monoisotopic (exact) mass is 382 g/mol.